The van der Waals surface area contributed by atoms with E-state index in [0.29, 0.717) is 23.8 Å². The first kappa shape index (κ1) is 11.3. The van der Waals surface area contributed by atoms with Crippen LogP contribution in [0.25, 0.3) is 0 Å². The molecule has 3 atom stereocenters. The van der Waals surface area contributed by atoms with Crippen molar-refractivity contribution in [1.29, 1.82) is 0 Å². The number of nitrogens with zero attached hydrogens (tertiary/aromatic N) is 1. The smallest absolute Gasteiger partial charge is 0.226 e. The molecule has 1 aliphatic heterocycles. The average molecular weight is 230 g/mol. The zero-order valence-corrected chi connectivity index (χ0v) is 10.2. The fourth-order valence-electron chi connectivity index (χ4n) is 2.62. The molecule has 2 rings (SSSR count). The molecule has 2 nitrogen and oxygen atoms in total. The Hall–Kier alpha value is -0.240. The van der Waals surface area contributed by atoms with Crippen LogP contribution in [0.2, 0.25) is 0 Å². The molecular formula is C12H20ClNO. The second-order valence-corrected chi connectivity index (χ2v) is 5.36. The van der Waals surface area contributed by atoms with Gasteiger partial charge in [0, 0.05) is 24.4 Å². The van der Waals surface area contributed by atoms with Crippen LogP contribution in [0.3, 0.4) is 0 Å². The van der Waals surface area contributed by atoms with Crippen LogP contribution in [0.15, 0.2) is 0 Å². The van der Waals surface area contributed by atoms with Gasteiger partial charge in [0.1, 0.15) is 0 Å². The second kappa shape index (κ2) is 4.73. The van der Waals surface area contributed by atoms with E-state index in [0.717, 1.165) is 31.7 Å². The lowest BCUT2D eigenvalue weighted by atomic mass is 10.1. The maximum absolute atomic E-state index is 12.1. The molecule has 86 valence electrons. The van der Waals surface area contributed by atoms with Crippen molar-refractivity contribution in [2.75, 3.05) is 12.4 Å². The molecule has 1 aliphatic carbocycles. The van der Waals surface area contributed by atoms with Crippen LogP contribution < -0.4 is 0 Å². The fraction of sp³-hybridized carbons (Fsp3) is 0.917. The second-order valence-electron chi connectivity index (χ2n) is 4.98. The van der Waals surface area contributed by atoms with E-state index in [9.17, 15) is 4.79 Å². The van der Waals surface area contributed by atoms with E-state index in [-0.39, 0.29) is 0 Å². The predicted octanol–water partition coefficient (Wildman–Crippen LogP) is 2.65. The molecule has 0 N–H and O–H groups in total. The van der Waals surface area contributed by atoms with Gasteiger partial charge in [-0.05, 0) is 38.0 Å². The van der Waals surface area contributed by atoms with Gasteiger partial charge in [-0.1, -0.05) is 6.92 Å². The van der Waals surface area contributed by atoms with Crippen LogP contribution in [0, 0.1) is 11.8 Å². The van der Waals surface area contributed by atoms with Gasteiger partial charge in [-0.2, -0.15) is 0 Å². The number of hydrogen-bond acceptors (Lipinski definition) is 1. The minimum absolute atomic E-state index is 0.349. The first-order valence-corrected chi connectivity index (χ1v) is 6.64. The Morgan fingerprint density at radius 2 is 2.27 bits per heavy atom. The molecule has 3 unspecified atom stereocenters. The lowest BCUT2D eigenvalue weighted by Crippen LogP contribution is -2.36. The number of alkyl halides is 1. The molecule has 1 amide bonds. The first-order chi connectivity index (χ1) is 7.24. The third kappa shape index (κ3) is 2.47. The molecule has 0 aromatic rings. The highest BCUT2D eigenvalue weighted by atomic mass is 35.5. The minimum atomic E-state index is 0.349. The zero-order valence-electron chi connectivity index (χ0n) is 9.42. The Morgan fingerprint density at radius 3 is 2.87 bits per heavy atom. The van der Waals surface area contributed by atoms with E-state index < -0.39 is 0 Å². The van der Waals surface area contributed by atoms with E-state index in [1.54, 1.807) is 0 Å². The summed E-state index contributed by atoms with van der Waals surface area (Å²) in [6.07, 6.45) is 5.60. The summed E-state index contributed by atoms with van der Waals surface area (Å²) in [7, 11) is 0. The summed E-state index contributed by atoms with van der Waals surface area (Å²) in [4.78, 5) is 14.2. The molecule has 0 aromatic carbocycles. The van der Waals surface area contributed by atoms with Gasteiger partial charge in [-0.3, -0.25) is 4.79 Å². The number of rotatable bonds is 4. The first-order valence-electron chi connectivity index (χ1n) is 6.10. The normalized spacial score (nSPS) is 34.5. The molecule has 2 aliphatic rings. The van der Waals surface area contributed by atoms with Crippen molar-refractivity contribution in [2.24, 2.45) is 11.8 Å². The Labute approximate surface area is 97.0 Å². The largest absolute Gasteiger partial charge is 0.339 e. The minimum Gasteiger partial charge on any atom is -0.339 e. The number of hydrogen-bond donors (Lipinski definition) is 0. The van der Waals surface area contributed by atoms with Gasteiger partial charge in [0.2, 0.25) is 5.91 Å². The topological polar surface area (TPSA) is 20.3 Å². The number of carbonyl (C=O) groups is 1. The highest BCUT2D eigenvalue weighted by Crippen LogP contribution is 2.40. The molecule has 1 saturated heterocycles. The summed E-state index contributed by atoms with van der Waals surface area (Å²) in [5.74, 6) is 2.12. The summed E-state index contributed by atoms with van der Waals surface area (Å²) in [6, 6.07) is 0.490. The van der Waals surface area contributed by atoms with Gasteiger partial charge < -0.3 is 4.90 Å². The van der Waals surface area contributed by atoms with Crippen molar-refractivity contribution < 1.29 is 4.79 Å². The molecular weight excluding hydrogens is 210 g/mol. The summed E-state index contributed by atoms with van der Waals surface area (Å²) < 4.78 is 0. The van der Waals surface area contributed by atoms with Crippen LogP contribution in [0.1, 0.15) is 39.0 Å². The SMILES string of the molecule is CC1CC1C(=O)N1CCCC1CCCCl. The monoisotopic (exact) mass is 229 g/mol. The number of halogens is 1. The predicted molar refractivity (Wildman–Crippen MR) is 62.0 cm³/mol. The summed E-state index contributed by atoms with van der Waals surface area (Å²) >= 11 is 5.70. The van der Waals surface area contributed by atoms with Crippen molar-refractivity contribution in [1.82, 2.24) is 4.90 Å². The molecule has 3 heteroatoms. The van der Waals surface area contributed by atoms with Gasteiger partial charge in [-0.25, -0.2) is 0 Å². The lowest BCUT2D eigenvalue weighted by molar-refractivity contribution is -0.133. The van der Waals surface area contributed by atoms with Crippen molar-refractivity contribution in [2.45, 2.75) is 45.1 Å². The van der Waals surface area contributed by atoms with Crippen LogP contribution in [-0.4, -0.2) is 29.3 Å². The molecule has 2 fully saturated rings. The standard InChI is InChI=1S/C12H20ClNO/c1-9-8-11(9)12(15)14-7-3-5-10(14)4-2-6-13/h9-11H,2-8H2,1H3. The van der Waals surface area contributed by atoms with E-state index in [1.165, 1.54) is 12.8 Å². The van der Waals surface area contributed by atoms with Crippen molar-refractivity contribution in [3.63, 3.8) is 0 Å². The average Bonchev–Trinajstić information content (AvgIpc) is 2.80. The molecule has 0 bridgehead atoms. The number of amides is 1. The van der Waals surface area contributed by atoms with E-state index >= 15 is 0 Å². The summed E-state index contributed by atoms with van der Waals surface area (Å²) in [5.41, 5.74) is 0. The van der Waals surface area contributed by atoms with Crippen LogP contribution >= 0.6 is 11.6 Å². The zero-order chi connectivity index (χ0) is 10.8. The maximum Gasteiger partial charge on any atom is 0.226 e. The lowest BCUT2D eigenvalue weighted by Gasteiger charge is -2.24. The Kier molecular flexibility index (Phi) is 3.55. The van der Waals surface area contributed by atoms with Crippen LogP contribution in [0.4, 0.5) is 0 Å². The maximum atomic E-state index is 12.1. The molecule has 1 saturated carbocycles. The number of carbonyl (C=O) groups excluding carboxylic acids is 1. The van der Waals surface area contributed by atoms with Crippen LogP contribution in [-0.2, 0) is 4.79 Å². The molecule has 0 aromatic heterocycles. The molecule has 15 heavy (non-hydrogen) atoms. The van der Waals surface area contributed by atoms with Crippen molar-refractivity contribution >= 4 is 17.5 Å². The highest BCUT2D eigenvalue weighted by molar-refractivity contribution is 6.17. The third-order valence-corrected chi connectivity index (χ3v) is 4.03. The summed E-state index contributed by atoms with van der Waals surface area (Å²) in [5, 5.41) is 0. The van der Waals surface area contributed by atoms with E-state index in [1.807, 2.05) is 0 Å². The van der Waals surface area contributed by atoms with E-state index in [2.05, 4.69) is 11.8 Å². The van der Waals surface area contributed by atoms with Crippen molar-refractivity contribution in [3.8, 4) is 0 Å². The number of likely N-dealkylation sites (tertiary alicyclic amines) is 1. The molecule has 0 spiro atoms. The third-order valence-electron chi connectivity index (χ3n) is 3.76. The van der Waals surface area contributed by atoms with Gasteiger partial charge in [0.05, 0.1) is 0 Å². The van der Waals surface area contributed by atoms with Gasteiger partial charge >= 0.3 is 0 Å². The highest BCUT2D eigenvalue weighted by Gasteiger charge is 2.43. The summed E-state index contributed by atoms with van der Waals surface area (Å²) in [6.45, 7) is 3.15. The molecule has 1 heterocycles. The van der Waals surface area contributed by atoms with Gasteiger partial charge in [-0.15, -0.1) is 11.6 Å². The Balaban J connectivity index is 1.86. The van der Waals surface area contributed by atoms with Crippen molar-refractivity contribution in [3.05, 3.63) is 0 Å². The van der Waals surface area contributed by atoms with Gasteiger partial charge in [0.15, 0.2) is 0 Å². The molecule has 0 radical (unpaired) electrons. The Morgan fingerprint density at radius 1 is 1.53 bits per heavy atom. The van der Waals surface area contributed by atoms with Gasteiger partial charge in [0.25, 0.3) is 0 Å². The Bertz CT molecular complexity index is 244. The van der Waals surface area contributed by atoms with E-state index in [4.69, 9.17) is 11.6 Å². The van der Waals surface area contributed by atoms with Crippen LogP contribution in [0.5, 0.6) is 0 Å². The quantitative estimate of drug-likeness (QED) is 0.679. The fourth-order valence-corrected chi connectivity index (χ4v) is 2.77.